The second-order valence-electron chi connectivity index (χ2n) is 7.77. The van der Waals surface area contributed by atoms with Gasteiger partial charge in [0.15, 0.2) is 0 Å². The van der Waals surface area contributed by atoms with Gasteiger partial charge in [0, 0.05) is 12.1 Å². The van der Waals surface area contributed by atoms with Gasteiger partial charge in [0.25, 0.3) is 5.91 Å². The van der Waals surface area contributed by atoms with Crippen molar-refractivity contribution in [1.29, 1.82) is 0 Å². The average molecular weight is 453 g/mol. The molecule has 0 bridgehead atoms. The molecule has 3 rings (SSSR count). The van der Waals surface area contributed by atoms with Crippen LogP contribution in [0.25, 0.3) is 0 Å². The van der Waals surface area contributed by atoms with Crippen molar-refractivity contribution >= 4 is 21.6 Å². The lowest BCUT2D eigenvalue weighted by atomic mass is 10.1. The predicted octanol–water partition coefficient (Wildman–Crippen LogP) is 4.21. The zero-order valence-electron chi connectivity index (χ0n) is 18.8. The Morgan fingerprint density at radius 2 is 1.53 bits per heavy atom. The summed E-state index contributed by atoms with van der Waals surface area (Å²) in [4.78, 5) is 12.5. The Morgan fingerprint density at radius 3 is 2.09 bits per heavy atom. The van der Waals surface area contributed by atoms with Gasteiger partial charge < -0.3 is 10.1 Å². The van der Waals surface area contributed by atoms with Crippen LogP contribution in [0.3, 0.4) is 0 Å². The first-order valence-electron chi connectivity index (χ1n) is 10.2. The van der Waals surface area contributed by atoms with Crippen LogP contribution in [0.4, 0.5) is 5.69 Å². The number of hydrogen-bond donors (Lipinski definition) is 1. The van der Waals surface area contributed by atoms with Crippen molar-refractivity contribution in [2.24, 2.45) is 0 Å². The number of benzene rings is 3. The molecule has 1 N–H and O–H groups in total. The molecule has 0 saturated heterocycles. The molecule has 3 aromatic carbocycles. The average Bonchev–Trinajstić information content (AvgIpc) is 2.78. The largest absolute Gasteiger partial charge is 0.497 e. The first kappa shape index (κ1) is 23.3. The summed E-state index contributed by atoms with van der Waals surface area (Å²) < 4.78 is 31.4. The van der Waals surface area contributed by atoms with E-state index in [1.54, 1.807) is 31.4 Å². The van der Waals surface area contributed by atoms with E-state index in [1.165, 1.54) is 10.6 Å². The lowest BCUT2D eigenvalue weighted by Gasteiger charge is -2.23. The van der Waals surface area contributed by atoms with Gasteiger partial charge in [0.2, 0.25) is 10.0 Å². The summed E-state index contributed by atoms with van der Waals surface area (Å²) in [5.41, 5.74) is 5.02. The van der Waals surface area contributed by atoms with E-state index in [4.69, 9.17) is 4.74 Å². The Morgan fingerprint density at radius 1 is 0.906 bits per heavy atom. The smallest absolute Gasteiger partial charge is 0.251 e. The number of carbonyl (C=O) groups excluding carboxylic acids is 1. The molecule has 0 heterocycles. The fourth-order valence-corrected chi connectivity index (χ4v) is 4.12. The van der Waals surface area contributed by atoms with Gasteiger partial charge in [-0.15, -0.1) is 0 Å². The molecule has 7 heteroatoms. The number of anilines is 1. The van der Waals surface area contributed by atoms with Crippen LogP contribution >= 0.6 is 0 Å². The first-order valence-corrected chi connectivity index (χ1v) is 12.1. The molecular weight excluding hydrogens is 424 g/mol. The number of hydrogen-bond acceptors (Lipinski definition) is 4. The number of nitrogens with zero attached hydrogens (tertiary/aromatic N) is 1. The summed E-state index contributed by atoms with van der Waals surface area (Å²) >= 11 is 0. The minimum absolute atomic E-state index is 0.190. The van der Waals surface area contributed by atoms with E-state index >= 15 is 0 Å². The molecule has 0 atom stereocenters. The normalized spacial score (nSPS) is 11.1. The molecule has 0 saturated carbocycles. The molecule has 32 heavy (non-hydrogen) atoms. The highest BCUT2D eigenvalue weighted by Crippen LogP contribution is 2.23. The molecule has 0 spiro atoms. The fourth-order valence-electron chi connectivity index (χ4n) is 3.24. The molecule has 0 aromatic heterocycles. The summed E-state index contributed by atoms with van der Waals surface area (Å²) in [6.45, 7) is 4.54. The Hall–Kier alpha value is -3.32. The predicted molar refractivity (Wildman–Crippen MR) is 128 cm³/mol. The van der Waals surface area contributed by atoms with Crippen LogP contribution < -0.4 is 14.4 Å². The zero-order valence-corrected chi connectivity index (χ0v) is 19.6. The summed E-state index contributed by atoms with van der Waals surface area (Å²) in [6.07, 6.45) is 1.20. The van der Waals surface area contributed by atoms with Crippen LogP contribution in [0.2, 0.25) is 0 Å². The van der Waals surface area contributed by atoms with Crippen LogP contribution in [0.15, 0.2) is 66.7 Å². The molecule has 0 aliphatic rings. The van der Waals surface area contributed by atoms with E-state index < -0.39 is 10.0 Å². The lowest BCUT2D eigenvalue weighted by Crippen LogP contribution is -2.29. The molecule has 168 valence electrons. The van der Waals surface area contributed by atoms with E-state index in [2.05, 4.69) is 5.32 Å². The molecule has 0 fully saturated rings. The number of carbonyl (C=O) groups is 1. The van der Waals surface area contributed by atoms with Gasteiger partial charge in [0.1, 0.15) is 5.75 Å². The SMILES string of the molecule is COc1ccc(CNC(=O)c2ccc(CN(c3ccc(C)c(C)c3)S(C)(=O)=O)cc2)cc1. The monoisotopic (exact) mass is 452 g/mol. The molecular formula is C25H28N2O4S. The van der Waals surface area contributed by atoms with E-state index in [0.29, 0.717) is 17.8 Å². The van der Waals surface area contributed by atoms with Crippen molar-refractivity contribution in [3.05, 3.63) is 94.5 Å². The molecule has 3 aromatic rings. The molecule has 0 radical (unpaired) electrons. The van der Waals surface area contributed by atoms with Crippen molar-refractivity contribution in [2.45, 2.75) is 26.9 Å². The fraction of sp³-hybridized carbons (Fsp3) is 0.240. The Balaban J connectivity index is 1.68. The third kappa shape index (κ3) is 5.88. The third-order valence-electron chi connectivity index (χ3n) is 5.33. The number of ether oxygens (including phenoxy) is 1. The molecule has 6 nitrogen and oxygen atoms in total. The van der Waals surface area contributed by atoms with Crippen LogP contribution in [0.1, 0.15) is 32.6 Å². The maximum atomic E-state index is 12.5. The number of nitrogens with one attached hydrogen (secondary N) is 1. The molecule has 0 aliphatic heterocycles. The van der Waals surface area contributed by atoms with Crippen LogP contribution in [0.5, 0.6) is 5.75 Å². The summed E-state index contributed by atoms with van der Waals surface area (Å²) in [5, 5.41) is 2.89. The van der Waals surface area contributed by atoms with E-state index in [9.17, 15) is 13.2 Å². The highest BCUT2D eigenvalue weighted by Gasteiger charge is 2.18. The van der Waals surface area contributed by atoms with E-state index in [-0.39, 0.29) is 12.5 Å². The molecule has 1 amide bonds. The number of aryl methyl sites for hydroxylation is 2. The second kappa shape index (κ2) is 9.87. The first-order chi connectivity index (χ1) is 15.2. The van der Waals surface area contributed by atoms with E-state index in [1.807, 2.05) is 56.3 Å². The highest BCUT2D eigenvalue weighted by atomic mass is 32.2. The molecule has 0 unspecified atom stereocenters. The summed E-state index contributed by atoms with van der Waals surface area (Å²) in [6, 6.07) is 20.1. The number of methoxy groups -OCH3 is 1. The van der Waals surface area contributed by atoms with Crippen molar-refractivity contribution < 1.29 is 17.9 Å². The minimum atomic E-state index is -3.47. The van der Waals surface area contributed by atoms with Crippen LogP contribution in [-0.2, 0) is 23.1 Å². The van der Waals surface area contributed by atoms with Crippen LogP contribution in [-0.4, -0.2) is 27.7 Å². The van der Waals surface area contributed by atoms with Gasteiger partial charge in [-0.3, -0.25) is 9.10 Å². The summed E-state index contributed by atoms with van der Waals surface area (Å²) in [7, 11) is -1.86. The number of amides is 1. The Bertz CT molecular complexity index is 1190. The maximum Gasteiger partial charge on any atom is 0.251 e. The van der Waals surface area contributed by atoms with E-state index in [0.717, 1.165) is 28.0 Å². The van der Waals surface area contributed by atoms with Crippen molar-refractivity contribution in [2.75, 3.05) is 17.7 Å². The second-order valence-corrected chi connectivity index (χ2v) is 9.67. The quantitative estimate of drug-likeness (QED) is 0.556. The van der Waals surface area contributed by atoms with Crippen molar-refractivity contribution in [3.8, 4) is 5.75 Å². The minimum Gasteiger partial charge on any atom is -0.497 e. The van der Waals surface area contributed by atoms with Gasteiger partial charge >= 0.3 is 0 Å². The Labute approximate surface area is 189 Å². The summed E-state index contributed by atoms with van der Waals surface area (Å²) in [5.74, 6) is 0.570. The third-order valence-corrected chi connectivity index (χ3v) is 6.47. The topological polar surface area (TPSA) is 75.7 Å². The standard InChI is InChI=1S/C25H28N2O4S/c1-18-5-12-23(15-19(18)2)27(32(4,29)30)17-21-6-10-22(11-7-21)25(28)26-16-20-8-13-24(31-3)14-9-20/h5-15H,16-17H2,1-4H3,(H,26,28). The van der Waals surface area contributed by atoms with Gasteiger partial charge in [0.05, 0.1) is 25.6 Å². The molecule has 0 aliphatic carbocycles. The Kier molecular flexibility index (Phi) is 7.20. The van der Waals surface area contributed by atoms with Crippen LogP contribution in [0, 0.1) is 13.8 Å². The highest BCUT2D eigenvalue weighted by molar-refractivity contribution is 7.92. The van der Waals surface area contributed by atoms with Crippen molar-refractivity contribution in [1.82, 2.24) is 5.32 Å². The van der Waals surface area contributed by atoms with Crippen molar-refractivity contribution in [3.63, 3.8) is 0 Å². The zero-order chi connectivity index (χ0) is 23.3. The van der Waals surface area contributed by atoms with Gasteiger partial charge in [-0.25, -0.2) is 8.42 Å². The number of sulfonamides is 1. The maximum absolute atomic E-state index is 12.5. The number of rotatable bonds is 8. The lowest BCUT2D eigenvalue weighted by molar-refractivity contribution is 0.0951. The van der Waals surface area contributed by atoms with Gasteiger partial charge in [-0.2, -0.15) is 0 Å². The van der Waals surface area contributed by atoms with Gasteiger partial charge in [-0.05, 0) is 72.5 Å². The van der Waals surface area contributed by atoms with Gasteiger partial charge in [-0.1, -0.05) is 30.3 Å².